The highest BCUT2D eigenvalue weighted by Gasteiger charge is 2.25. The molecule has 1 saturated heterocycles. The minimum Gasteiger partial charge on any atom is -0.327 e. The Kier molecular flexibility index (Phi) is 3.78. The number of aryl methyl sites for hydroxylation is 1. The molecule has 1 aliphatic heterocycles. The lowest BCUT2D eigenvalue weighted by Crippen LogP contribution is -2.46. The Labute approximate surface area is 103 Å². The quantitative estimate of drug-likeness (QED) is 0.784. The molecule has 1 aromatic rings. The van der Waals surface area contributed by atoms with Crippen molar-refractivity contribution in [1.29, 1.82) is 5.26 Å². The number of benzene rings is 1. The third-order valence-corrected chi connectivity index (χ3v) is 3.40. The van der Waals surface area contributed by atoms with E-state index >= 15 is 0 Å². The van der Waals surface area contributed by atoms with Gasteiger partial charge >= 0.3 is 0 Å². The molecular formula is C14H19N3. The molecule has 3 nitrogen and oxygen atoms in total. The van der Waals surface area contributed by atoms with E-state index in [0.717, 1.165) is 19.5 Å². The van der Waals surface area contributed by atoms with E-state index in [-0.39, 0.29) is 6.04 Å². The molecule has 1 aromatic carbocycles. The van der Waals surface area contributed by atoms with E-state index in [1.807, 2.05) is 0 Å². The van der Waals surface area contributed by atoms with Crippen LogP contribution in [0, 0.1) is 18.3 Å². The molecule has 2 N–H and O–H groups in total. The van der Waals surface area contributed by atoms with Crippen LogP contribution in [-0.4, -0.2) is 30.6 Å². The topological polar surface area (TPSA) is 53.0 Å². The Balaban J connectivity index is 2.10. The van der Waals surface area contributed by atoms with Crippen LogP contribution in [0.5, 0.6) is 0 Å². The molecule has 1 heterocycles. The number of nitrogens with two attached hydrogens (primary N) is 1. The minimum absolute atomic E-state index is 0.184. The maximum atomic E-state index is 8.77. The van der Waals surface area contributed by atoms with Crippen LogP contribution in [0.1, 0.15) is 23.5 Å². The van der Waals surface area contributed by atoms with Crippen LogP contribution in [0.3, 0.4) is 0 Å². The number of nitrogens with zero attached hydrogens (tertiary/aromatic N) is 2. The second-order valence-corrected chi connectivity index (χ2v) is 4.96. The molecule has 2 rings (SSSR count). The standard InChI is InChI=1S/C14H19N3/c1-11-2-4-12(5-3-11)13-8-14(16)10-17(9-13)7-6-15/h2-5,13-14H,7-10,16H2,1H3. The summed E-state index contributed by atoms with van der Waals surface area (Å²) in [5, 5.41) is 8.77. The van der Waals surface area contributed by atoms with Crippen molar-refractivity contribution in [1.82, 2.24) is 4.90 Å². The van der Waals surface area contributed by atoms with Gasteiger partial charge in [0.15, 0.2) is 0 Å². The van der Waals surface area contributed by atoms with Crippen LogP contribution >= 0.6 is 0 Å². The van der Waals surface area contributed by atoms with Crippen LogP contribution in [0.2, 0.25) is 0 Å². The highest BCUT2D eigenvalue weighted by Crippen LogP contribution is 2.26. The smallest absolute Gasteiger partial charge is 0.0866 e. The van der Waals surface area contributed by atoms with Gasteiger partial charge in [0.05, 0.1) is 12.6 Å². The van der Waals surface area contributed by atoms with Crippen LogP contribution < -0.4 is 5.73 Å². The lowest BCUT2D eigenvalue weighted by Gasteiger charge is -2.35. The zero-order valence-corrected chi connectivity index (χ0v) is 10.3. The predicted octanol–water partition coefficient (Wildman–Crippen LogP) is 1.64. The van der Waals surface area contributed by atoms with Gasteiger partial charge in [-0.1, -0.05) is 29.8 Å². The van der Waals surface area contributed by atoms with E-state index in [1.165, 1.54) is 11.1 Å². The van der Waals surface area contributed by atoms with Crippen molar-refractivity contribution in [3.8, 4) is 6.07 Å². The third kappa shape index (κ3) is 3.06. The van der Waals surface area contributed by atoms with E-state index in [2.05, 4.69) is 42.2 Å². The molecule has 90 valence electrons. The second-order valence-electron chi connectivity index (χ2n) is 4.96. The van der Waals surface area contributed by atoms with Gasteiger partial charge in [-0.05, 0) is 24.8 Å². The van der Waals surface area contributed by atoms with Gasteiger partial charge in [-0.3, -0.25) is 4.90 Å². The van der Waals surface area contributed by atoms with E-state index in [1.54, 1.807) is 0 Å². The number of likely N-dealkylation sites (tertiary alicyclic amines) is 1. The molecule has 1 fully saturated rings. The Bertz CT molecular complexity index is 404. The summed E-state index contributed by atoms with van der Waals surface area (Å²) in [6.45, 7) is 4.37. The fourth-order valence-corrected chi connectivity index (χ4v) is 2.54. The van der Waals surface area contributed by atoms with Crippen LogP contribution in [0.15, 0.2) is 24.3 Å². The third-order valence-electron chi connectivity index (χ3n) is 3.40. The first-order valence-corrected chi connectivity index (χ1v) is 6.10. The van der Waals surface area contributed by atoms with E-state index in [9.17, 15) is 0 Å². The summed E-state index contributed by atoms with van der Waals surface area (Å²) >= 11 is 0. The maximum Gasteiger partial charge on any atom is 0.0866 e. The summed E-state index contributed by atoms with van der Waals surface area (Å²) in [7, 11) is 0. The summed E-state index contributed by atoms with van der Waals surface area (Å²) in [6, 6.07) is 11.0. The first-order chi connectivity index (χ1) is 8.19. The maximum absolute atomic E-state index is 8.77. The molecule has 17 heavy (non-hydrogen) atoms. The van der Waals surface area contributed by atoms with Gasteiger partial charge in [0.2, 0.25) is 0 Å². The Morgan fingerprint density at radius 2 is 2.06 bits per heavy atom. The van der Waals surface area contributed by atoms with Gasteiger partial charge in [0, 0.05) is 19.1 Å². The summed E-state index contributed by atoms with van der Waals surface area (Å²) in [5.41, 5.74) is 8.68. The molecule has 0 spiro atoms. The molecule has 2 unspecified atom stereocenters. The summed E-state index contributed by atoms with van der Waals surface area (Å²) in [6.07, 6.45) is 1.02. The van der Waals surface area contributed by atoms with Crippen molar-refractivity contribution < 1.29 is 0 Å². The average molecular weight is 229 g/mol. The lowest BCUT2D eigenvalue weighted by atomic mass is 9.88. The van der Waals surface area contributed by atoms with Crippen LogP contribution in [-0.2, 0) is 0 Å². The molecule has 0 aromatic heterocycles. The van der Waals surface area contributed by atoms with Crippen molar-refractivity contribution in [3.63, 3.8) is 0 Å². The molecular weight excluding hydrogens is 210 g/mol. The number of hydrogen-bond acceptors (Lipinski definition) is 3. The number of rotatable bonds is 2. The zero-order chi connectivity index (χ0) is 12.3. The number of hydrogen-bond donors (Lipinski definition) is 1. The Morgan fingerprint density at radius 3 is 2.71 bits per heavy atom. The van der Waals surface area contributed by atoms with Gasteiger partial charge in [0.25, 0.3) is 0 Å². The van der Waals surface area contributed by atoms with E-state index in [0.29, 0.717) is 12.5 Å². The van der Waals surface area contributed by atoms with Crippen LogP contribution in [0.25, 0.3) is 0 Å². The monoisotopic (exact) mass is 229 g/mol. The van der Waals surface area contributed by atoms with E-state index < -0.39 is 0 Å². The molecule has 1 aliphatic rings. The minimum atomic E-state index is 0.184. The molecule has 0 aliphatic carbocycles. The fourth-order valence-electron chi connectivity index (χ4n) is 2.54. The molecule has 0 radical (unpaired) electrons. The largest absolute Gasteiger partial charge is 0.327 e. The summed E-state index contributed by atoms with van der Waals surface area (Å²) in [4.78, 5) is 2.15. The van der Waals surface area contributed by atoms with Crippen molar-refractivity contribution in [2.75, 3.05) is 19.6 Å². The van der Waals surface area contributed by atoms with Gasteiger partial charge in [-0.2, -0.15) is 5.26 Å². The van der Waals surface area contributed by atoms with Crippen LogP contribution in [0.4, 0.5) is 0 Å². The average Bonchev–Trinajstić information content (AvgIpc) is 2.29. The highest BCUT2D eigenvalue weighted by molar-refractivity contribution is 5.25. The van der Waals surface area contributed by atoms with Gasteiger partial charge in [-0.15, -0.1) is 0 Å². The van der Waals surface area contributed by atoms with Gasteiger partial charge < -0.3 is 5.73 Å². The summed E-state index contributed by atoms with van der Waals surface area (Å²) < 4.78 is 0. The fraction of sp³-hybridized carbons (Fsp3) is 0.500. The van der Waals surface area contributed by atoms with Gasteiger partial charge in [0.1, 0.15) is 0 Å². The van der Waals surface area contributed by atoms with Crippen molar-refractivity contribution in [2.24, 2.45) is 5.73 Å². The highest BCUT2D eigenvalue weighted by atomic mass is 15.1. The Morgan fingerprint density at radius 1 is 1.35 bits per heavy atom. The first kappa shape index (κ1) is 12.1. The molecule has 0 amide bonds. The normalized spacial score (nSPS) is 25.5. The zero-order valence-electron chi connectivity index (χ0n) is 10.3. The summed E-state index contributed by atoms with van der Waals surface area (Å²) in [5.74, 6) is 0.465. The van der Waals surface area contributed by atoms with Crippen molar-refractivity contribution >= 4 is 0 Å². The van der Waals surface area contributed by atoms with E-state index in [4.69, 9.17) is 11.0 Å². The number of piperidine rings is 1. The first-order valence-electron chi connectivity index (χ1n) is 6.10. The Hall–Kier alpha value is -1.37. The molecule has 3 heteroatoms. The second kappa shape index (κ2) is 5.31. The lowest BCUT2D eigenvalue weighted by molar-refractivity contribution is 0.209. The number of nitriles is 1. The van der Waals surface area contributed by atoms with Gasteiger partial charge in [-0.25, -0.2) is 0 Å². The van der Waals surface area contributed by atoms with Crippen molar-refractivity contribution in [2.45, 2.75) is 25.3 Å². The molecule has 0 bridgehead atoms. The SMILES string of the molecule is Cc1ccc(C2CC(N)CN(CC#N)C2)cc1. The molecule has 2 atom stereocenters. The predicted molar refractivity (Wildman–Crippen MR) is 68.6 cm³/mol. The molecule has 0 saturated carbocycles. The van der Waals surface area contributed by atoms with Crippen molar-refractivity contribution in [3.05, 3.63) is 35.4 Å².